The van der Waals surface area contributed by atoms with Gasteiger partial charge < -0.3 is 10.6 Å². The molecule has 2 rings (SSSR count). The average Bonchev–Trinajstić information content (AvgIpc) is 2.55. The fourth-order valence-electron chi connectivity index (χ4n) is 2.29. The lowest BCUT2D eigenvalue weighted by atomic mass is 10.1. The first-order valence-electron chi connectivity index (χ1n) is 7.74. The molecule has 120 valence electrons. The summed E-state index contributed by atoms with van der Waals surface area (Å²) in [4.78, 5) is 24.1. The third-order valence-corrected chi connectivity index (χ3v) is 3.85. The molecule has 2 amide bonds. The zero-order valence-electron chi connectivity index (χ0n) is 13.8. The van der Waals surface area contributed by atoms with E-state index in [2.05, 4.69) is 10.6 Å². The van der Waals surface area contributed by atoms with Crippen molar-refractivity contribution in [2.24, 2.45) is 0 Å². The quantitative estimate of drug-likeness (QED) is 0.891. The van der Waals surface area contributed by atoms with E-state index in [0.717, 1.165) is 28.8 Å². The molecule has 0 aliphatic carbocycles. The Bertz CT molecular complexity index is 723. The first-order valence-corrected chi connectivity index (χ1v) is 7.74. The number of aryl methyl sites for hydroxylation is 3. The summed E-state index contributed by atoms with van der Waals surface area (Å²) in [6.45, 7) is 5.94. The largest absolute Gasteiger partial charge is 0.343 e. The van der Waals surface area contributed by atoms with Crippen molar-refractivity contribution in [1.29, 1.82) is 0 Å². The lowest BCUT2D eigenvalue weighted by Crippen LogP contribution is -2.33. The third-order valence-electron chi connectivity index (χ3n) is 3.85. The van der Waals surface area contributed by atoms with E-state index in [1.54, 1.807) is 6.07 Å². The second-order valence-corrected chi connectivity index (χ2v) is 5.54. The van der Waals surface area contributed by atoms with Gasteiger partial charge in [0.2, 0.25) is 5.91 Å². The van der Waals surface area contributed by atoms with E-state index in [0.29, 0.717) is 5.56 Å². The Morgan fingerprint density at radius 3 is 2.43 bits per heavy atom. The van der Waals surface area contributed by atoms with Gasteiger partial charge in [0.1, 0.15) is 0 Å². The van der Waals surface area contributed by atoms with Crippen molar-refractivity contribution in [2.45, 2.75) is 27.2 Å². The first kappa shape index (κ1) is 16.7. The second kappa shape index (κ2) is 7.58. The molecule has 0 heterocycles. The number of benzene rings is 2. The Morgan fingerprint density at radius 2 is 1.74 bits per heavy atom. The Balaban J connectivity index is 1.93. The van der Waals surface area contributed by atoms with Gasteiger partial charge in [0, 0.05) is 11.3 Å². The number of rotatable bonds is 5. The Kier molecular flexibility index (Phi) is 5.52. The van der Waals surface area contributed by atoms with Crippen molar-refractivity contribution in [3.05, 3.63) is 64.7 Å². The normalized spacial score (nSPS) is 10.2. The summed E-state index contributed by atoms with van der Waals surface area (Å²) >= 11 is 0. The molecule has 23 heavy (non-hydrogen) atoms. The summed E-state index contributed by atoms with van der Waals surface area (Å²) in [5.41, 5.74) is 4.62. The molecular weight excluding hydrogens is 288 g/mol. The minimum absolute atomic E-state index is 0.0518. The smallest absolute Gasteiger partial charge is 0.251 e. The molecule has 4 nitrogen and oxygen atoms in total. The van der Waals surface area contributed by atoms with Crippen molar-refractivity contribution < 1.29 is 9.59 Å². The maximum Gasteiger partial charge on any atom is 0.251 e. The third kappa shape index (κ3) is 4.42. The van der Waals surface area contributed by atoms with Crippen LogP contribution in [0.3, 0.4) is 0 Å². The topological polar surface area (TPSA) is 58.2 Å². The van der Waals surface area contributed by atoms with E-state index in [4.69, 9.17) is 0 Å². The van der Waals surface area contributed by atoms with Crippen LogP contribution >= 0.6 is 0 Å². The summed E-state index contributed by atoms with van der Waals surface area (Å²) in [5, 5.41) is 5.49. The molecule has 0 unspecified atom stereocenters. The summed E-state index contributed by atoms with van der Waals surface area (Å²) in [6.07, 6.45) is 0.839. The van der Waals surface area contributed by atoms with Crippen LogP contribution in [0.2, 0.25) is 0 Å². The number of nitrogens with one attached hydrogen (secondary N) is 2. The van der Waals surface area contributed by atoms with Gasteiger partial charge in [-0.05, 0) is 55.2 Å². The fraction of sp³-hybridized carbons (Fsp3) is 0.263. The van der Waals surface area contributed by atoms with E-state index >= 15 is 0 Å². The minimum atomic E-state index is -0.243. The van der Waals surface area contributed by atoms with Crippen molar-refractivity contribution in [1.82, 2.24) is 5.32 Å². The molecule has 0 atom stereocenters. The van der Waals surface area contributed by atoms with Crippen LogP contribution in [0.5, 0.6) is 0 Å². The van der Waals surface area contributed by atoms with Crippen LogP contribution in [0.1, 0.15) is 34.0 Å². The van der Waals surface area contributed by atoms with Gasteiger partial charge in [0.25, 0.3) is 5.91 Å². The first-order chi connectivity index (χ1) is 11.0. The lowest BCUT2D eigenvalue weighted by Gasteiger charge is -2.10. The van der Waals surface area contributed by atoms with Gasteiger partial charge in [-0.2, -0.15) is 0 Å². The second-order valence-electron chi connectivity index (χ2n) is 5.54. The zero-order chi connectivity index (χ0) is 16.8. The fourth-order valence-corrected chi connectivity index (χ4v) is 2.29. The Labute approximate surface area is 136 Å². The summed E-state index contributed by atoms with van der Waals surface area (Å²) < 4.78 is 0. The van der Waals surface area contributed by atoms with Crippen LogP contribution in [0.25, 0.3) is 0 Å². The Morgan fingerprint density at radius 1 is 1.00 bits per heavy atom. The number of hydrogen-bond acceptors (Lipinski definition) is 2. The van der Waals surface area contributed by atoms with Gasteiger partial charge in [-0.25, -0.2) is 0 Å². The molecule has 2 N–H and O–H groups in total. The molecule has 2 aromatic rings. The molecule has 0 fully saturated rings. The summed E-state index contributed by atoms with van der Waals surface area (Å²) in [7, 11) is 0. The van der Waals surface area contributed by atoms with Crippen LogP contribution in [-0.4, -0.2) is 18.4 Å². The van der Waals surface area contributed by atoms with Gasteiger partial charge in [0.15, 0.2) is 0 Å². The predicted molar refractivity (Wildman–Crippen MR) is 92.7 cm³/mol. The van der Waals surface area contributed by atoms with Crippen molar-refractivity contribution in [3.8, 4) is 0 Å². The van der Waals surface area contributed by atoms with Gasteiger partial charge in [0.05, 0.1) is 6.54 Å². The molecule has 0 spiro atoms. The summed E-state index contributed by atoms with van der Waals surface area (Å²) in [5.74, 6) is -0.477. The highest BCUT2D eigenvalue weighted by Gasteiger charge is 2.10. The van der Waals surface area contributed by atoms with E-state index in [-0.39, 0.29) is 18.4 Å². The molecule has 0 bridgehead atoms. The number of anilines is 1. The average molecular weight is 310 g/mol. The molecule has 0 aromatic heterocycles. The maximum absolute atomic E-state index is 12.1. The minimum Gasteiger partial charge on any atom is -0.343 e. The molecule has 0 saturated heterocycles. The molecule has 2 aromatic carbocycles. The molecule has 0 saturated carbocycles. The summed E-state index contributed by atoms with van der Waals surface area (Å²) in [6, 6.07) is 13.2. The van der Waals surface area contributed by atoms with Gasteiger partial charge in [-0.3, -0.25) is 9.59 Å². The number of amides is 2. The molecule has 0 aliphatic heterocycles. The van der Waals surface area contributed by atoms with Gasteiger partial charge in [-0.1, -0.05) is 31.2 Å². The van der Waals surface area contributed by atoms with Crippen LogP contribution in [0.4, 0.5) is 5.69 Å². The lowest BCUT2D eigenvalue weighted by molar-refractivity contribution is -0.115. The SMILES string of the molecule is CCc1ccccc1NC(=O)CNC(=O)c1ccc(C)c(C)c1. The van der Waals surface area contributed by atoms with Crippen molar-refractivity contribution in [3.63, 3.8) is 0 Å². The van der Waals surface area contributed by atoms with Crippen molar-refractivity contribution in [2.75, 3.05) is 11.9 Å². The number of hydrogen-bond donors (Lipinski definition) is 2. The molecule has 4 heteroatoms. The number of carbonyl (C=O) groups excluding carboxylic acids is 2. The number of carbonyl (C=O) groups is 2. The van der Waals surface area contributed by atoms with Crippen LogP contribution in [-0.2, 0) is 11.2 Å². The Hall–Kier alpha value is -2.62. The zero-order valence-corrected chi connectivity index (χ0v) is 13.8. The van der Waals surface area contributed by atoms with E-state index in [1.165, 1.54) is 0 Å². The standard InChI is InChI=1S/C19H22N2O2/c1-4-15-7-5-6-8-17(15)21-18(22)12-20-19(23)16-10-9-13(2)14(3)11-16/h5-11H,4,12H2,1-3H3,(H,20,23)(H,21,22). The van der Waals surface area contributed by atoms with Crippen LogP contribution < -0.4 is 10.6 Å². The predicted octanol–water partition coefficient (Wildman–Crippen LogP) is 3.23. The van der Waals surface area contributed by atoms with E-state index < -0.39 is 0 Å². The van der Waals surface area contributed by atoms with E-state index in [1.807, 2.05) is 57.2 Å². The van der Waals surface area contributed by atoms with Gasteiger partial charge >= 0.3 is 0 Å². The van der Waals surface area contributed by atoms with Crippen LogP contribution in [0, 0.1) is 13.8 Å². The highest BCUT2D eigenvalue weighted by Crippen LogP contribution is 2.15. The highest BCUT2D eigenvalue weighted by molar-refractivity contribution is 5.99. The molecule has 0 radical (unpaired) electrons. The monoisotopic (exact) mass is 310 g/mol. The van der Waals surface area contributed by atoms with Gasteiger partial charge in [-0.15, -0.1) is 0 Å². The molecular formula is C19H22N2O2. The van der Waals surface area contributed by atoms with Crippen LogP contribution in [0.15, 0.2) is 42.5 Å². The maximum atomic E-state index is 12.1. The highest BCUT2D eigenvalue weighted by atomic mass is 16.2. The van der Waals surface area contributed by atoms with Crippen molar-refractivity contribution >= 4 is 17.5 Å². The number of para-hydroxylation sites is 1. The molecule has 0 aliphatic rings. The van der Waals surface area contributed by atoms with E-state index in [9.17, 15) is 9.59 Å².